The van der Waals surface area contributed by atoms with Crippen molar-refractivity contribution in [1.82, 2.24) is 0 Å². The second-order valence-corrected chi connectivity index (χ2v) is 5.96. The minimum absolute atomic E-state index is 0.0223. The Labute approximate surface area is 141 Å². The van der Waals surface area contributed by atoms with Gasteiger partial charge in [0, 0.05) is 23.3 Å². The predicted molar refractivity (Wildman–Crippen MR) is 96.8 cm³/mol. The molecule has 1 atom stereocenters. The van der Waals surface area contributed by atoms with E-state index in [0.717, 1.165) is 11.9 Å². The first-order chi connectivity index (χ1) is 11.0. The summed E-state index contributed by atoms with van der Waals surface area (Å²) in [7, 11) is 0. The molecule has 5 N–H and O–H groups in total. The van der Waals surface area contributed by atoms with E-state index < -0.39 is 4.92 Å². The first-order valence-electron chi connectivity index (χ1n) is 6.32. The van der Waals surface area contributed by atoms with E-state index in [2.05, 4.69) is 14.7 Å². The van der Waals surface area contributed by atoms with Crippen LogP contribution in [0.5, 0.6) is 0 Å². The summed E-state index contributed by atoms with van der Waals surface area (Å²) >= 11 is 2.48. The van der Waals surface area contributed by atoms with Gasteiger partial charge in [0.1, 0.15) is 11.4 Å². The SMILES string of the molecule is CS/C(=C\[N+](=O)[O-])Nc1cccc(N2C=NSC2N=C(N)N)c1. The summed E-state index contributed by atoms with van der Waals surface area (Å²) in [6, 6.07) is 7.33. The van der Waals surface area contributed by atoms with Crippen LogP contribution in [-0.2, 0) is 0 Å². The van der Waals surface area contributed by atoms with Gasteiger partial charge in [0.05, 0.1) is 4.92 Å². The van der Waals surface area contributed by atoms with E-state index in [0.29, 0.717) is 10.7 Å². The molecule has 0 aromatic heterocycles. The standard InChI is InChI=1S/C12H15N7O2S2/c1-22-10(6-19(20)21)16-8-3-2-4-9(5-8)18-7-15-23-12(18)17-11(13)14/h2-7,12,16H,1H3,(H4,13,14,17)/b10-6-. The molecule has 0 bridgehead atoms. The molecule has 0 saturated heterocycles. The molecule has 1 aliphatic heterocycles. The Morgan fingerprint density at radius 2 is 2.39 bits per heavy atom. The number of rotatable bonds is 6. The van der Waals surface area contributed by atoms with Crippen molar-refractivity contribution in [3.8, 4) is 0 Å². The lowest BCUT2D eigenvalue weighted by Crippen LogP contribution is -2.31. The molecule has 1 aromatic rings. The van der Waals surface area contributed by atoms with Crippen LogP contribution in [0.1, 0.15) is 0 Å². The van der Waals surface area contributed by atoms with E-state index in [1.807, 2.05) is 24.3 Å². The van der Waals surface area contributed by atoms with Crippen molar-refractivity contribution in [2.24, 2.45) is 20.9 Å². The van der Waals surface area contributed by atoms with Gasteiger partial charge < -0.3 is 16.8 Å². The Bertz CT molecular complexity index is 673. The van der Waals surface area contributed by atoms with Crippen LogP contribution in [0.15, 0.2) is 44.9 Å². The summed E-state index contributed by atoms with van der Waals surface area (Å²) in [6.45, 7) is 0. The van der Waals surface area contributed by atoms with Crippen LogP contribution >= 0.6 is 23.7 Å². The van der Waals surface area contributed by atoms with Crippen molar-refractivity contribution < 1.29 is 4.92 Å². The van der Waals surface area contributed by atoms with Gasteiger partial charge in [-0.05, 0) is 24.5 Å². The number of nitrogens with two attached hydrogens (primary N) is 2. The van der Waals surface area contributed by atoms with Gasteiger partial charge in [0.25, 0.3) is 6.20 Å². The number of nitro groups is 1. The van der Waals surface area contributed by atoms with Crippen LogP contribution in [0.25, 0.3) is 0 Å². The summed E-state index contributed by atoms with van der Waals surface area (Å²) in [4.78, 5) is 16.0. The summed E-state index contributed by atoms with van der Waals surface area (Å²) in [5, 5.41) is 14.0. The molecule has 0 radical (unpaired) electrons. The molecule has 1 aliphatic rings. The number of hydrogen-bond acceptors (Lipinski definition) is 8. The van der Waals surface area contributed by atoms with Crippen LogP contribution in [-0.4, -0.2) is 29.0 Å². The van der Waals surface area contributed by atoms with Crippen molar-refractivity contribution in [3.63, 3.8) is 0 Å². The molecule has 122 valence electrons. The maximum absolute atomic E-state index is 10.6. The second kappa shape index (κ2) is 7.74. The van der Waals surface area contributed by atoms with Crippen molar-refractivity contribution in [2.75, 3.05) is 16.5 Å². The maximum Gasteiger partial charge on any atom is 0.264 e. The van der Waals surface area contributed by atoms with Crippen LogP contribution in [0.2, 0.25) is 0 Å². The highest BCUT2D eigenvalue weighted by Crippen LogP contribution is 2.31. The minimum atomic E-state index is -0.499. The molecule has 1 heterocycles. The zero-order valence-corrected chi connectivity index (χ0v) is 13.8. The number of nitrogens with zero attached hydrogens (tertiary/aromatic N) is 4. The fourth-order valence-corrected chi connectivity index (χ4v) is 2.89. The zero-order valence-electron chi connectivity index (χ0n) is 12.1. The van der Waals surface area contributed by atoms with Crippen molar-refractivity contribution in [3.05, 3.63) is 45.6 Å². The zero-order chi connectivity index (χ0) is 16.8. The highest BCUT2D eigenvalue weighted by molar-refractivity contribution is 8.02. The molecule has 0 saturated carbocycles. The normalized spacial score (nSPS) is 17.2. The highest BCUT2D eigenvalue weighted by atomic mass is 32.2. The van der Waals surface area contributed by atoms with Gasteiger partial charge in [-0.3, -0.25) is 15.0 Å². The Morgan fingerprint density at radius 3 is 3.04 bits per heavy atom. The van der Waals surface area contributed by atoms with Gasteiger partial charge in [-0.1, -0.05) is 6.07 Å². The lowest BCUT2D eigenvalue weighted by molar-refractivity contribution is -0.402. The molecule has 9 nitrogen and oxygen atoms in total. The average Bonchev–Trinajstić information content (AvgIpc) is 2.93. The molecule has 1 unspecified atom stereocenters. The van der Waals surface area contributed by atoms with Crippen LogP contribution in [0.3, 0.4) is 0 Å². The van der Waals surface area contributed by atoms with E-state index in [1.165, 1.54) is 23.7 Å². The van der Waals surface area contributed by atoms with Crippen LogP contribution in [0, 0.1) is 10.1 Å². The first kappa shape index (κ1) is 17.0. The molecule has 11 heteroatoms. The summed E-state index contributed by atoms with van der Waals surface area (Å²) < 4.78 is 4.10. The quantitative estimate of drug-likeness (QED) is 0.231. The van der Waals surface area contributed by atoms with Gasteiger partial charge in [0.2, 0.25) is 0 Å². The Hall–Kier alpha value is -2.40. The number of anilines is 2. The summed E-state index contributed by atoms with van der Waals surface area (Å²) in [6.07, 6.45) is 4.31. The molecule has 0 amide bonds. The highest BCUT2D eigenvalue weighted by Gasteiger charge is 2.22. The van der Waals surface area contributed by atoms with Gasteiger partial charge in [-0.15, -0.1) is 11.8 Å². The van der Waals surface area contributed by atoms with Crippen LogP contribution < -0.4 is 21.7 Å². The topological polar surface area (TPSA) is 135 Å². The summed E-state index contributed by atoms with van der Waals surface area (Å²) in [5.41, 5.74) is 12.0. The third-order valence-corrected chi connectivity index (χ3v) is 4.06. The smallest absolute Gasteiger partial charge is 0.264 e. The van der Waals surface area contributed by atoms with Crippen molar-refractivity contribution in [1.29, 1.82) is 0 Å². The predicted octanol–water partition coefficient (Wildman–Crippen LogP) is 1.59. The minimum Gasteiger partial charge on any atom is -0.370 e. The first-order valence-corrected chi connectivity index (χ1v) is 8.38. The van der Waals surface area contributed by atoms with Gasteiger partial charge in [-0.25, -0.2) is 9.39 Å². The molecular weight excluding hydrogens is 338 g/mol. The Kier molecular flexibility index (Phi) is 5.71. The fraction of sp³-hybridized carbons (Fsp3) is 0.167. The molecule has 0 aliphatic carbocycles. The van der Waals surface area contributed by atoms with Crippen LogP contribution in [0.4, 0.5) is 11.4 Å². The van der Waals surface area contributed by atoms with E-state index >= 15 is 0 Å². The molecular formula is C12H15N7O2S2. The number of thioether (sulfide) groups is 1. The lowest BCUT2D eigenvalue weighted by atomic mass is 10.2. The fourth-order valence-electron chi connectivity index (χ4n) is 1.77. The Morgan fingerprint density at radius 1 is 1.61 bits per heavy atom. The average molecular weight is 353 g/mol. The molecule has 0 spiro atoms. The lowest BCUT2D eigenvalue weighted by Gasteiger charge is -2.20. The third kappa shape index (κ3) is 4.79. The van der Waals surface area contributed by atoms with Gasteiger partial charge >= 0.3 is 0 Å². The molecule has 2 rings (SSSR count). The molecule has 0 fully saturated rings. The van der Waals surface area contributed by atoms with Crippen molar-refractivity contribution >= 4 is 47.4 Å². The molecule has 23 heavy (non-hydrogen) atoms. The maximum atomic E-state index is 10.6. The third-order valence-electron chi connectivity index (χ3n) is 2.68. The number of nitrogens with one attached hydrogen (secondary N) is 1. The summed E-state index contributed by atoms with van der Waals surface area (Å²) in [5.74, 6) is -0.0223. The number of hydrogen-bond donors (Lipinski definition) is 3. The Balaban J connectivity index is 2.21. The van der Waals surface area contributed by atoms with Gasteiger partial charge in [0.15, 0.2) is 11.5 Å². The molecule has 1 aromatic carbocycles. The van der Waals surface area contributed by atoms with Crippen molar-refractivity contribution in [2.45, 2.75) is 5.50 Å². The number of guanidine groups is 1. The van der Waals surface area contributed by atoms with E-state index in [-0.39, 0.29) is 11.5 Å². The second-order valence-electron chi connectivity index (χ2n) is 4.27. The monoisotopic (exact) mass is 353 g/mol. The largest absolute Gasteiger partial charge is 0.370 e. The van der Waals surface area contributed by atoms with E-state index in [1.54, 1.807) is 17.5 Å². The number of aliphatic imine (C=N–C) groups is 1. The van der Waals surface area contributed by atoms with E-state index in [9.17, 15) is 10.1 Å². The van der Waals surface area contributed by atoms with Gasteiger partial charge in [-0.2, -0.15) is 0 Å². The number of benzene rings is 1. The van der Waals surface area contributed by atoms with E-state index in [4.69, 9.17) is 11.5 Å².